The van der Waals surface area contributed by atoms with E-state index in [2.05, 4.69) is 5.32 Å². The SMILES string of the molecule is CC(C)(C)OC(=O)N1CCC(Oc2ccccc2NC=C(C#N)C#N)C1. The number of benzene rings is 1. The number of nitrogens with zero attached hydrogens (tertiary/aromatic N) is 3. The number of hydrogen-bond donors (Lipinski definition) is 1. The molecule has 1 unspecified atom stereocenters. The normalized spacial score (nSPS) is 16.2. The van der Waals surface area contributed by atoms with Crippen LogP contribution in [-0.2, 0) is 4.74 Å². The van der Waals surface area contributed by atoms with E-state index < -0.39 is 5.60 Å². The van der Waals surface area contributed by atoms with Gasteiger partial charge in [0.15, 0.2) is 0 Å². The number of rotatable bonds is 4. The van der Waals surface area contributed by atoms with Crippen LogP contribution in [-0.4, -0.2) is 35.8 Å². The highest BCUT2D eigenvalue weighted by Crippen LogP contribution is 2.27. The molecular weight excluding hydrogens is 332 g/mol. The smallest absolute Gasteiger partial charge is 0.410 e. The number of para-hydroxylation sites is 2. The van der Waals surface area contributed by atoms with Crippen molar-refractivity contribution < 1.29 is 14.3 Å². The maximum atomic E-state index is 12.1. The van der Waals surface area contributed by atoms with Gasteiger partial charge in [0.2, 0.25) is 0 Å². The Balaban J connectivity index is 2.00. The lowest BCUT2D eigenvalue weighted by Gasteiger charge is -2.24. The van der Waals surface area contributed by atoms with Gasteiger partial charge in [-0.1, -0.05) is 12.1 Å². The highest BCUT2D eigenvalue weighted by atomic mass is 16.6. The van der Waals surface area contributed by atoms with Crippen LogP contribution < -0.4 is 10.1 Å². The van der Waals surface area contributed by atoms with E-state index in [9.17, 15) is 4.79 Å². The number of anilines is 1. The Kier molecular flexibility index (Phi) is 6.08. The summed E-state index contributed by atoms with van der Waals surface area (Å²) < 4.78 is 11.4. The maximum Gasteiger partial charge on any atom is 0.410 e. The van der Waals surface area contributed by atoms with Gasteiger partial charge in [0.25, 0.3) is 0 Å². The van der Waals surface area contributed by atoms with Gasteiger partial charge in [-0.3, -0.25) is 0 Å². The van der Waals surface area contributed by atoms with Crippen molar-refractivity contribution in [3.05, 3.63) is 36.0 Å². The molecule has 1 heterocycles. The highest BCUT2D eigenvalue weighted by molar-refractivity contribution is 5.68. The number of ether oxygens (including phenoxy) is 2. The minimum Gasteiger partial charge on any atom is -0.486 e. The lowest BCUT2D eigenvalue weighted by atomic mass is 10.2. The van der Waals surface area contributed by atoms with E-state index in [1.165, 1.54) is 6.20 Å². The molecule has 1 aromatic carbocycles. The van der Waals surface area contributed by atoms with Crippen molar-refractivity contribution in [2.45, 2.75) is 38.9 Å². The van der Waals surface area contributed by atoms with Crippen LogP contribution in [0.2, 0.25) is 0 Å². The molecule has 0 spiro atoms. The first-order valence-electron chi connectivity index (χ1n) is 8.33. The third kappa shape index (κ3) is 5.42. The molecule has 0 aliphatic carbocycles. The number of likely N-dealkylation sites (tertiary alicyclic amines) is 1. The monoisotopic (exact) mass is 354 g/mol. The highest BCUT2D eigenvalue weighted by Gasteiger charge is 2.31. The predicted molar refractivity (Wildman–Crippen MR) is 96.2 cm³/mol. The molecule has 7 nitrogen and oxygen atoms in total. The van der Waals surface area contributed by atoms with Crippen LogP contribution in [0.3, 0.4) is 0 Å². The molecule has 0 bridgehead atoms. The fourth-order valence-electron chi connectivity index (χ4n) is 2.42. The summed E-state index contributed by atoms with van der Waals surface area (Å²) in [7, 11) is 0. The number of carbonyl (C=O) groups excluding carboxylic acids is 1. The third-order valence-corrected chi connectivity index (χ3v) is 3.59. The minimum atomic E-state index is -0.530. The summed E-state index contributed by atoms with van der Waals surface area (Å²) in [6.07, 6.45) is 1.54. The van der Waals surface area contributed by atoms with Gasteiger partial charge < -0.3 is 19.7 Å². The summed E-state index contributed by atoms with van der Waals surface area (Å²) >= 11 is 0. The molecule has 1 aromatic rings. The summed E-state index contributed by atoms with van der Waals surface area (Å²) in [6, 6.07) is 10.8. The van der Waals surface area contributed by atoms with Crippen LogP contribution in [0.25, 0.3) is 0 Å². The van der Waals surface area contributed by atoms with Crippen LogP contribution in [0.1, 0.15) is 27.2 Å². The first-order valence-corrected chi connectivity index (χ1v) is 8.33. The Morgan fingerprint density at radius 2 is 2.00 bits per heavy atom. The molecule has 2 rings (SSSR count). The van der Waals surface area contributed by atoms with Crippen molar-refractivity contribution in [3.63, 3.8) is 0 Å². The van der Waals surface area contributed by atoms with Gasteiger partial charge in [-0.25, -0.2) is 4.79 Å². The number of nitriles is 2. The van der Waals surface area contributed by atoms with Crippen molar-refractivity contribution in [2.75, 3.05) is 18.4 Å². The van der Waals surface area contributed by atoms with Crippen molar-refractivity contribution >= 4 is 11.8 Å². The second-order valence-electron chi connectivity index (χ2n) is 6.88. The van der Waals surface area contributed by atoms with E-state index >= 15 is 0 Å². The zero-order chi connectivity index (χ0) is 19.2. The van der Waals surface area contributed by atoms with Gasteiger partial charge >= 0.3 is 6.09 Å². The van der Waals surface area contributed by atoms with E-state index in [1.54, 1.807) is 29.2 Å². The molecule has 1 amide bonds. The van der Waals surface area contributed by atoms with E-state index in [4.69, 9.17) is 20.0 Å². The van der Waals surface area contributed by atoms with Crippen LogP contribution in [0.4, 0.5) is 10.5 Å². The number of carbonyl (C=O) groups is 1. The molecule has 26 heavy (non-hydrogen) atoms. The summed E-state index contributed by atoms with van der Waals surface area (Å²) in [5.41, 5.74) is 0.0842. The van der Waals surface area contributed by atoms with E-state index in [0.717, 1.165) is 0 Å². The first kappa shape index (κ1) is 19.1. The van der Waals surface area contributed by atoms with E-state index in [1.807, 2.05) is 32.9 Å². The van der Waals surface area contributed by atoms with Gasteiger partial charge in [0.05, 0.1) is 12.2 Å². The molecule has 136 valence electrons. The van der Waals surface area contributed by atoms with Gasteiger partial charge in [-0.05, 0) is 32.9 Å². The summed E-state index contributed by atoms with van der Waals surface area (Å²) in [5.74, 6) is 0.593. The van der Waals surface area contributed by atoms with Gasteiger partial charge in [-0.2, -0.15) is 10.5 Å². The molecule has 0 aromatic heterocycles. The topological polar surface area (TPSA) is 98.4 Å². The van der Waals surface area contributed by atoms with E-state index in [-0.39, 0.29) is 17.8 Å². The van der Waals surface area contributed by atoms with Crippen molar-refractivity contribution in [2.24, 2.45) is 0 Å². The van der Waals surface area contributed by atoms with Crippen LogP contribution in [0.5, 0.6) is 5.75 Å². The molecule has 7 heteroatoms. The number of allylic oxidation sites excluding steroid dienone is 1. The van der Waals surface area contributed by atoms with Gasteiger partial charge in [0.1, 0.15) is 35.2 Å². The standard InChI is InChI=1S/C19H22N4O3/c1-19(2,3)26-18(24)23-9-8-15(13-23)25-17-7-5-4-6-16(17)22-12-14(10-20)11-21/h4-7,12,15,22H,8-9,13H2,1-3H3. The second kappa shape index (κ2) is 8.26. The molecule has 1 atom stereocenters. The Labute approximate surface area is 153 Å². The minimum absolute atomic E-state index is 0.0308. The van der Waals surface area contributed by atoms with E-state index in [0.29, 0.717) is 30.9 Å². The molecule has 1 saturated heterocycles. The fraction of sp³-hybridized carbons (Fsp3) is 0.421. The fourth-order valence-corrected chi connectivity index (χ4v) is 2.42. The van der Waals surface area contributed by atoms with Crippen molar-refractivity contribution in [1.29, 1.82) is 10.5 Å². The molecule has 1 fully saturated rings. The molecule has 1 N–H and O–H groups in total. The van der Waals surface area contributed by atoms with Crippen molar-refractivity contribution in [1.82, 2.24) is 4.90 Å². The summed E-state index contributed by atoms with van der Waals surface area (Å²) in [5, 5.41) is 20.5. The molecule has 1 aliphatic rings. The Morgan fingerprint density at radius 3 is 2.65 bits per heavy atom. The van der Waals surface area contributed by atoms with Gasteiger partial charge in [0, 0.05) is 19.2 Å². The average Bonchev–Trinajstić information content (AvgIpc) is 3.04. The average molecular weight is 354 g/mol. The molecular formula is C19H22N4O3. The first-order chi connectivity index (χ1) is 12.3. The zero-order valence-corrected chi connectivity index (χ0v) is 15.2. The zero-order valence-electron chi connectivity index (χ0n) is 15.2. The molecule has 1 aliphatic heterocycles. The lowest BCUT2D eigenvalue weighted by molar-refractivity contribution is 0.0276. The third-order valence-electron chi connectivity index (χ3n) is 3.59. The van der Waals surface area contributed by atoms with Crippen LogP contribution in [0, 0.1) is 22.7 Å². The van der Waals surface area contributed by atoms with Crippen LogP contribution >= 0.6 is 0 Å². The maximum absolute atomic E-state index is 12.1. The Hall–Kier alpha value is -3.19. The largest absolute Gasteiger partial charge is 0.486 e. The van der Waals surface area contributed by atoms with Crippen molar-refractivity contribution in [3.8, 4) is 17.9 Å². The number of nitrogens with one attached hydrogen (secondary N) is 1. The van der Waals surface area contributed by atoms with Gasteiger partial charge in [-0.15, -0.1) is 0 Å². The molecule has 0 radical (unpaired) electrons. The summed E-state index contributed by atoms with van der Waals surface area (Å²) in [4.78, 5) is 13.8. The van der Waals surface area contributed by atoms with Crippen LogP contribution in [0.15, 0.2) is 36.0 Å². The Morgan fingerprint density at radius 1 is 1.31 bits per heavy atom. The predicted octanol–water partition coefficient (Wildman–Crippen LogP) is 3.42. The summed E-state index contributed by atoms with van der Waals surface area (Å²) in [6.45, 7) is 6.52. The number of amides is 1. The quantitative estimate of drug-likeness (QED) is 0.832. The lowest BCUT2D eigenvalue weighted by Crippen LogP contribution is -2.36. The molecule has 0 saturated carbocycles. The number of hydrogen-bond acceptors (Lipinski definition) is 6. The Bertz CT molecular complexity index is 752. The second-order valence-corrected chi connectivity index (χ2v) is 6.88.